The summed E-state index contributed by atoms with van der Waals surface area (Å²) in [6, 6.07) is 8.61. The normalized spacial score (nSPS) is 33.9. The van der Waals surface area contributed by atoms with Crippen LogP contribution in [0.1, 0.15) is 56.9 Å². The van der Waals surface area contributed by atoms with E-state index >= 15 is 0 Å². The average Bonchev–Trinajstić information content (AvgIpc) is 3.12. The lowest BCUT2D eigenvalue weighted by Crippen LogP contribution is -2.47. The Morgan fingerprint density at radius 3 is 2.52 bits per heavy atom. The Labute approximate surface area is 184 Å². The number of aryl methyl sites for hydroxylation is 1. The predicted molar refractivity (Wildman–Crippen MR) is 125 cm³/mol. The smallest absolute Gasteiger partial charge is 0.225 e. The molecule has 5 aliphatic rings. The van der Waals surface area contributed by atoms with Crippen LogP contribution in [0.2, 0.25) is 0 Å². The number of anilines is 2. The van der Waals surface area contributed by atoms with E-state index in [1.54, 1.807) is 0 Å². The Kier molecular flexibility index (Phi) is 4.53. The lowest BCUT2D eigenvalue weighted by molar-refractivity contribution is -0.124. The van der Waals surface area contributed by atoms with Crippen molar-refractivity contribution in [2.24, 2.45) is 28.9 Å². The zero-order valence-corrected chi connectivity index (χ0v) is 18.6. The number of carbonyl (C=O) groups excluding carboxylic acids is 1. The Morgan fingerprint density at radius 1 is 1.16 bits per heavy atom. The number of benzene rings is 1. The average molecular weight is 419 g/mol. The Hall–Kier alpha value is -2.14. The summed E-state index contributed by atoms with van der Waals surface area (Å²) in [5.74, 6) is 3.65. The highest BCUT2D eigenvalue weighted by Gasteiger charge is 2.51. The number of carbonyl (C=O) groups is 1. The van der Waals surface area contributed by atoms with Gasteiger partial charge in [-0.1, -0.05) is 11.6 Å². The summed E-state index contributed by atoms with van der Waals surface area (Å²) >= 11 is 0. The minimum Gasteiger partial charge on any atom is -0.353 e. The fraction of sp³-hybridized carbons (Fsp3) is 0.615. The second kappa shape index (κ2) is 7.19. The first kappa shape index (κ1) is 19.5. The lowest BCUT2D eigenvalue weighted by atomic mass is 9.49. The van der Waals surface area contributed by atoms with E-state index in [1.807, 2.05) is 0 Å². The molecule has 0 unspecified atom stereocenters. The van der Waals surface area contributed by atoms with E-state index in [4.69, 9.17) is 10.7 Å². The monoisotopic (exact) mass is 418 g/mol. The fourth-order valence-corrected chi connectivity index (χ4v) is 7.64. The molecule has 1 aromatic carbocycles. The Morgan fingerprint density at radius 2 is 1.87 bits per heavy atom. The number of fused-ring (bicyclic) bond motifs is 1. The van der Waals surface area contributed by atoms with Crippen LogP contribution in [0.4, 0.5) is 11.5 Å². The van der Waals surface area contributed by atoms with Gasteiger partial charge in [-0.2, -0.15) is 0 Å². The van der Waals surface area contributed by atoms with Crippen LogP contribution in [0, 0.1) is 30.1 Å². The van der Waals surface area contributed by atoms with Crippen LogP contribution in [0.3, 0.4) is 0 Å². The van der Waals surface area contributed by atoms with E-state index in [2.05, 4.69) is 41.4 Å². The molecule has 1 aliphatic heterocycles. The predicted octanol–water partition coefficient (Wildman–Crippen LogP) is 4.63. The summed E-state index contributed by atoms with van der Waals surface area (Å²) < 4.78 is 0. The van der Waals surface area contributed by atoms with Crippen molar-refractivity contribution >= 4 is 28.3 Å². The number of amides is 1. The van der Waals surface area contributed by atoms with Crippen LogP contribution >= 0.6 is 0 Å². The van der Waals surface area contributed by atoms with Gasteiger partial charge in [0.1, 0.15) is 0 Å². The number of nitrogens with zero attached hydrogens (tertiary/aromatic N) is 2. The second-order valence-electron chi connectivity index (χ2n) is 11.2. The molecule has 5 heteroatoms. The molecule has 7 rings (SSSR count). The molecule has 2 aromatic rings. The summed E-state index contributed by atoms with van der Waals surface area (Å²) in [5.41, 5.74) is 9.46. The van der Waals surface area contributed by atoms with Gasteiger partial charge < -0.3 is 16.0 Å². The zero-order chi connectivity index (χ0) is 21.2. The minimum absolute atomic E-state index is 0.167. The van der Waals surface area contributed by atoms with Crippen LogP contribution in [-0.2, 0) is 4.79 Å². The topological polar surface area (TPSA) is 71.2 Å². The summed E-state index contributed by atoms with van der Waals surface area (Å²) in [5, 5.41) is 4.39. The summed E-state index contributed by atoms with van der Waals surface area (Å²) in [7, 11) is 0. The van der Waals surface area contributed by atoms with Crippen LogP contribution in [0.5, 0.6) is 0 Å². The summed E-state index contributed by atoms with van der Waals surface area (Å²) in [4.78, 5) is 20.6. The number of pyridine rings is 1. The van der Waals surface area contributed by atoms with Crippen molar-refractivity contribution in [3.05, 3.63) is 29.8 Å². The molecule has 4 aliphatic carbocycles. The third kappa shape index (κ3) is 3.61. The van der Waals surface area contributed by atoms with Crippen LogP contribution in [-0.4, -0.2) is 30.0 Å². The largest absolute Gasteiger partial charge is 0.353 e. The quantitative estimate of drug-likeness (QED) is 0.760. The maximum atomic E-state index is 13.3. The van der Waals surface area contributed by atoms with Crippen molar-refractivity contribution in [1.29, 1.82) is 0 Å². The van der Waals surface area contributed by atoms with Crippen molar-refractivity contribution in [1.82, 2.24) is 4.98 Å². The van der Waals surface area contributed by atoms with Gasteiger partial charge in [0, 0.05) is 30.9 Å². The molecule has 4 saturated carbocycles. The molecule has 164 valence electrons. The number of aromatic nitrogens is 1. The van der Waals surface area contributed by atoms with E-state index in [0.29, 0.717) is 6.42 Å². The van der Waals surface area contributed by atoms with Crippen LogP contribution in [0.15, 0.2) is 24.3 Å². The standard InChI is InChI=1S/C26H34N4O/c1-16-2-3-22-20(6-16)10-23(25(29-22)30-5-4-21(27)15-30)28-24(31)14-26-11-17-7-18(12-26)9-19(8-17)13-26/h2-3,6,10,17-19,21H,4-5,7-9,11-15,27H2,1H3,(H,28,31)/t17?,18?,19?,21-,26?/m0/s1. The highest BCUT2D eigenvalue weighted by Crippen LogP contribution is 2.61. The highest BCUT2D eigenvalue weighted by atomic mass is 16.1. The number of hydrogen-bond acceptors (Lipinski definition) is 4. The molecule has 31 heavy (non-hydrogen) atoms. The van der Waals surface area contributed by atoms with E-state index in [0.717, 1.165) is 59.7 Å². The van der Waals surface area contributed by atoms with Crippen molar-refractivity contribution in [3.8, 4) is 0 Å². The summed E-state index contributed by atoms with van der Waals surface area (Å²) in [6.45, 7) is 3.78. The molecule has 1 amide bonds. The Bertz CT molecular complexity index is 996. The second-order valence-corrected chi connectivity index (χ2v) is 11.2. The highest BCUT2D eigenvalue weighted by molar-refractivity contribution is 5.97. The maximum absolute atomic E-state index is 13.3. The third-order valence-corrected chi connectivity index (χ3v) is 8.45. The van der Waals surface area contributed by atoms with Gasteiger partial charge in [0.2, 0.25) is 5.91 Å². The molecule has 2 heterocycles. The molecule has 0 spiro atoms. The first-order valence-electron chi connectivity index (χ1n) is 12.2. The first-order valence-corrected chi connectivity index (χ1v) is 12.2. The maximum Gasteiger partial charge on any atom is 0.225 e. The van der Waals surface area contributed by atoms with Crippen molar-refractivity contribution < 1.29 is 4.79 Å². The zero-order valence-electron chi connectivity index (χ0n) is 18.6. The van der Waals surface area contributed by atoms with Gasteiger partial charge in [-0.05, 0) is 93.2 Å². The van der Waals surface area contributed by atoms with Crippen LogP contribution in [0.25, 0.3) is 10.9 Å². The van der Waals surface area contributed by atoms with Crippen molar-refractivity contribution in [2.45, 2.75) is 64.3 Å². The van der Waals surface area contributed by atoms with Gasteiger partial charge in [0.15, 0.2) is 5.82 Å². The molecule has 5 nitrogen and oxygen atoms in total. The molecule has 0 radical (unpaired) electrons. The van der Waals surface area contributed by atoms with Gasteiger partial charge in [0.25, 0.3) is 0 Å². The van der Waals surface area contributed by atoms with Gasteiger partial charge in [-0.15, -0.1) is 0 Å². The molecule has 1 aromatic heterocycles. The molecule has 1 saturated heterocycles. The lowest BCUT2D eigenvalue weighted by Gasteiger charge is -2.56. The number of rotatable bonds is 4. The van der Waals surface area contributed by atoms with Crippen LogP contribution < -0.4 is 16.0 Å². The van der Waals surface area contributed by atoms with Gasteiger partial charge >= 0.3 is 0 Å². The number of nitrogens with two attached hydrogens (primary N) is 1. The van der Waals surface area contributed by atoms with E-state index in [1.165, 1.54) is 44.1 Å². The molecular formula is C26H34N4O. The van der Waals surface area contributed by atoms with E-state index in [9.17, 15) is 4.79 Å². The van der Waals surface area contributed by atoms with E-state index in [-0.39, 0.29) is 17.4 Å². The van der Waals surface area contributed by atoms with Gasteiger partial charge in [0.05, 0.1) is 11.2 Å². The molecule has 4 bridgehead atoms. The third-order valence-electron chi connectivity index (χ3n) is 8.45. The minimum atomic E-state index is 0.167. The molecule has 1 atom stereocenters. The first-order chi connectivity index (χ1) is 14.9. The SMILES string of the molecule is Cc1ccc2nc(N3CC[C@H](N)C3)c(NC(=O)CC34CC5CC(CC(C5)C3)C4)cc2c1. The number of hydrogen-bond donors (Lipinski definition) is 2. The Balaban J connectivity index is 1.28. The molecule has 5 fully saturated rings. The van der Waals surface area contributed by atoms with Crippen molar-refractivity contribution in [2.75, 3.05) is 23.3 Å². The van der Waals surface area contributed by atoms with Gasteiger partial charge in [-0.3, -0.25) is 4.79 Å². The molecule has 3 N–H and O–H groups in total. The summed E-state index contributed by atoms with van der Waals surface area (Å²) in [6.07, 6.45) is 9.65. The van der Waals surface area contributed by atoms with Gasteiger partial charge in [-0.25, -0.2) is 4.98 Å². The molecular weight excluding hydrogens is 384 g/mol. The fourth-order valence-electron chi connectivity index (χ4n) is 7.64. The van der Waals surface area contributed by atoms with Crippen molar-refractivity contribution in [3.63, 3.8) is 0 Å². The van der Waals surface area contributed by atoms with E-state index < -0.39 is 0 Å². The number of nitrogens with one attached hydrogen (secondary N) is 1.